The number of esters is 1. The average molecular weight is 693 g/mol. The van der Waals surface area contributed by atoms with Crippen molar-refractivity contribution in [2.24, 2.45) is 28.6 Å². The predicted molar refractivity (Wildman–Crippen MR) is 201 cm³/mol. The summed E-state index contributed by atoms with van der Waals surface area (Å²) in [5.41, 5.74) is 4.50. The van der Waals surface area contributed by atoms with Gasteiger partial charge in [0.2, 0.25) is 0 Å². The van der Waals surface area contributed by atoms with Crippen molar-refractivity contribution in [2.75, 3.05) is 24.5 Å². The fraction of sp³-hybridized carbons (Fsp3) is 0.610. The number of para-hydroxylation sites is 2. The van der Waals surface area contributed by atoms with Gasteiger partial charge in [0, 0.05) is 40.6 Å². The molecule has 4 aliphatic carbocycles. The Balaban J connectivity index is 0.000000186. The third-order valence-corrected chi connectivity index (χ3v) is 14.0. The Morgan fingerprint density at radius 2 is 1.56 bits per heavy atom. The second-order valence-corrected chi connectivity index (χ2v) is 16.2. The first kappa shape index (κ1) is 37.0. The van der Waals surface area contributed by atoms with Gasteiger partial charge in [-0.2, -0.15) is 0 Å². The molecule has 0 amide bonds. The lowest BCUT2D eigenvalue weighted by Crippen LogP contribution is -2.51. The van der Waals surface area contributed by atoms with Crippen LogP contribution in [-0.4, -0.2) is 48.4 Å². The molecular formula is C41H57ClN2O3S. The molecule has 7 heteroatoms. The van der Waals surface area contributed by atoms with Crippen LogP contribution in [0.15, 0.2) is 70.0 Å². The molecule has 0 saturated heterocycles. The van der Waals surface area contributed by atoms with Gasteiger partial charge in [0.05, 0.1) is 11.4 Å². The molecule has 262 valence electrons. The minimum absolute atomic E-state index is 0. The Hall–Kier alpha value is -2.28. The van der Waals surface area contributed by atoms with Gasteiger partial charge in [-0.05, 0) is 118 Å². The van der Waals surface area contributed by atoms with Gasteiger partial charge >= 0.3 is 5.97 Å². The summed E-state index contributed by atoms with van der Waals surface area (Å²) in [7, 11) is 0. The normalized spacial score (nSPS) is 30.6. The number of hydrogen-bond acceptors (Lipinski definition) is 6. The van der Waals surface area contributed by atoms with Gasteiger partial charge < -0.3 is 9.64 Å². The van der Waals surface area contributed by atoms with Crippen LogP contribution in [0.2, 0.25) is 0 Å². The Morgan fingerprint density at radius 3 is 2.19 bits per heavy atom. The highest BCUT2D eigenvalue weighted by molar-refractivity contribution is 7.99. The van der Waals surface area contributed by atoms with E-state index in [1.165, 1.54) is 46.0 Å². The minimum atomic E-state index is -0.0411. The molecule has 0 bridgehead atoms. The number of halogens is 1. The van der Waals surface area contributed by atoms with Crippen LogP contribution in [0.1, 0.15) is 99.3 Å². The van der Waals surface area contributed by atoms with Crippen molar-refractivity contribution in [1.29, 1.82) is 0 Å². The van der Waals surface area contributed by atoms with Crippen molar-refractivity contribution in [3.05, 3.63) is 60.2 Å². The topological polar surface area (TPSA) is 49.9 Å². The van der Waals surface area contributed by atoms with Gasteiger partial charge in [-0.1, -0.05) is 76.2 Å². The van der Waals surface area contributed by atoms with E-state index in [4.69, 9.17) is 4.74 Å². The summed E-state index contributed by atoms with van der Waals surface area (Å²) in [5, 5.41) is 0. The van der Waals surface area contributed by atoms with Crippen molar-refractivity contribution in [3.8, 4) is 0 Å². The number of carbonyl (C=O) groups excluding carboxylic acids is 2. The lowest BCUT2D eigenvalue weighted by Gasteiger charge is -2.57. The number of hydrogen-bond donors (Lipinski definition) is 0. The summed E-state index contributed by atoms with van der Waals surface area (Å²) >= 11 is 1.88. The van der Waals surface area contributed by atoms with Crippen LogP contribution < -0.4 is 4.90 Å². The maximum atomic E-state index is 11.9. The summed E-state index contributed by atoms with van der Waals surface area (Å²) < 4.78 is 5.86. The van der Waals surface area contributed by atoms with E-state index in [0.717, 1.165) is 57.7 Å². The van der Waals surface area contributed by atoms with Crippen molar-refractivity contribution in [2.45, 2.75) is 121 Å². The summed E-state index contributed by atoms with van der Waals surface area (Å²) in [6.07, 6.45) is 11.3. The molecule has 0 N–H and O–H groups in total. The van der Waals surface area contributed by atoms with E-state index in [9.17, 15) is 9.59 Å². The van der Waals surface area contributed by atoms with Gasteiger partial charge in [-0.3, -0.25) is 14.5 Å². The first-order valence-electron chi connectivity index (χ1n) is 18.4. The molecule has 48 heavy (non-hydrogen) atoms. The van der Waals surface area contributed by atoms with Crippen molar-refractivity contribution < 1.29 is 14.3 Å². The van der Waals surface area contributed by atoms with Crippen LogP contribution in [0.4, 0.5) is 11.4 Å². The number of ketones is 1. The largest absolute Gasteiger partial charge is 0.462 e. The van der Waals surface area contributed by atoms with Crippen LogP contribution >= 0.6 is 24.2 Å². The van der Waals surface area contributed by atoms with E-state index in [1.54, 1.807) is 0 Å². The quantitative estimate of drug-likeness (QED) is 0.269. The van der Waals surface area contributed by atoms with Gasteiger partial charge in [-0.15, -0.1) is 12.4 Å². The van der Waals surface area contributed by atoms with E-state index >= 15 is 0 Å². The monoisotopic (exact) mass is 692 g/mol. The second kappa shape index (κ2) is 15.3. The van der Waals surface area contributed by atoms with Gasteiger partial charge in [0.15, 0.2) is 5.78 Å². The van der Waals surface area contributed by atoms with Gasteiger partial charge in [0.1, 0.15) is 6.10 Å². The maximum absolute atomic E-state index is 11.9. The van der Waals surface area contributed by atoms with E-state index < -0.39 is 0 Å². The van der Waals surface area contributed by atoms with Gasteiger partial charge in [0.25, 0.3) is 0 Å². The average Bonchev–Trinajstić information content (AvgIpc) is 3.41. The number of nitrogens with zero attached hydrogens (tertiary/aromatic N) is 2. The third-order valence-electron chi connectivity index (χ3n) is 12.9. The number of ether oxygens (including phenoxy) is 1. The molecule has 5 aliphatic rings. The lowest BCUT2D eigenvalue weighted by atomic mass is 9.47. The smallest absolute Gasteiger partial charge is 0.305 e. The Bertz CT molecular complexity index is 1450. The highest BCUT2D eigenvalue weighted by Crippen LogP contribution is 2.65. The van der Waals surface area contributed by atoms with Gasteiger partial charge in [-0.25, -0.2) is 0 Å². The molecular weight excluding hydrogens is 636 g/mol. The predicted octanol–water partition coefficient (Wildman–Crippen LogP) is 10.3. The summed E-state index contributed by atoms with van der Waals surface area (Å²) in [5.74, 6) is 2.41. The van der Waals surface area contributed by atoms with Crippen molar-refractivity contribution in [3.63, 3.8) is 0 Å². The molecule has 7 atom stereocenters. The Morgan fingerprint density at radius 1 is 0.917 bits per heavy atom. The number of benzene rings is 2. The molecule has 3 saturated carbocycles. The number of anilines is 2. The maximum Gasteiger partial charge on any atom is 0.305 e. The van der Waals surface area contributed by atoms with Crippen LogP contribution in [0.3, 0.4) is 0 Å². The molecule has 1 aliphatic heterocycles. The van der Waals surface area contributed by atoms with Crippen LogP contribution in [0.5, 0.6) is 0 Å². The molecule has 0 radical (unpaired) electrons. The van der Waals surface area contributed by atoms with E-state index in [2.05, 4.69) is 92.9 Å². The molecule has 0 aromatic heterocycles. The van der Waals surface area contributed by atoms with Crippen LogP contribution in [0, 0.1) is 28.6 Å². The molecule has 0 spiro atoms. The van der Waals surface area contributed by atoms with Crippen molar-refractivity contribution >= 4 is 47.3 Å². The fourth-order valence-corrected chi connectivity index (χ4v) is 11.2. The SMILES string of the molecule is CCC(=O)OC1CCC2C3CCC4=CC(=O)CCC4(C)C3CCC12C.CCN(CC)C(C)CN1c2ccccc2Sc2ccccc21.Cl. The lowest BCUT2D eigenvalue weighted by molar-refractivity contribution is -0.159. The highest BCUT2D eigenvalue weighted by Gasteiger charge is 2.59. The number of rotatable bonds is 7. The van der Waals surface area contributed by atoms with Crippen LogP contribution in [-0.2, 0) is 14.3 Å². The first-order valence-corrected chi connectivity index (χ1v) is 19.2. The van der Waals surface area contributed by atoms with E-state index in [-0.39, 0.29) is 35.3 Å². The molecule has 2 aromatic rings. The Labute approximate surface area is 300 Å². The zero-order valence-electron chi connectivity index (χ0n) is 30.0. The number of allylic oxidation sites excluding steroid dienone is 1. The van der Waals surface area contributed by atoms with Crippen molar-refractivity contribution in [1.82, 2.24) is 4.90 Å². The Kier molecular flexibility index (Phi) is 11.8. The molecule has 5 nitrogen and oxygen atoms in total. The van der Waals surface area contributed by atoms with E-state index in [1.807, 2.05) is 24.8 Å². The van der Waals surface area contributed by atoms with Crippen LogP contribution in [0.25, 0.3) is 0 Å². The molecule has 7 unspecified atom stereocenters. The zero-order chi connectivity index (χ0) is 33.3. The zero-order valence-corrected chi connectivity index (χ0v) is 31.6. The molecule has 1 heterocycles. The molecule has 2 aromatic carbocycles. The molecule has 3 fully saturated rings. The summed E-state index contributed by atoms with van der Waals surface area (Å²) in [4.78, 5) is 31.5. The summed E-state index contributed by atoms with van der Waals surface area (Å²) in [6, 6.07) is 18.0. The standard InChI is InChI=1S/C22H32O3.C19H24N2S.ClH/c1-4-20(24)25-19-8-7-17-16-6-5-14-13-15(23)9-11-21(14,2)18(16)10-12-22(17,19)3;1-4-20(5-2)15(3)14-21-16-10-6-8-12-18(16)22-19-13-9-7-11-17(19)21;/h13,16-19H,4-12H2,1-3H3;6-13,15H,4-5,14H2,1-3H3;1H. The molecule has 7 rings (SSSR count). The number of fused-ring (bicyclic) bond motifs is 7. The third kappa shape index (κ3) is 6.88. The first-order chi connectivity index (χ1) is 22.6. The fourth-order valence-electron chi connectivity index (χ4n) is 10.2. The second-order valence-electron chi connectivity index (χ2n) is 15.1. The summed E-state index contributed by atoms with van der Waals surface area (Å²) in [6.45, 7) is 16.7. The minimum Gasteiger partial charge on any atom is -0.462 e. The number of likely N-dealkylation sites (N-methyl/N-ethyl adjacent to an activating group) is 1. The number of carbonyl (C=O) groups is 2. The van der Waals surface area contributed by atoms with E-state index in [0.29, 0.717) is 30.1 Å². The highest BCUT2D eigenvalue weighted by atomic mass is 35.5.